The Bertz CT molecular complexity index is 824. The van der Waals surface area contributed by atoms with E-state index in [1.807, 2.05) is 18.2 Å². The van der Waals surface area contributed by atoms with Crippen molar-refractivity contribution in [1.82, 2.24) is 0 Å². The number of hydrogen-bond donors (Lipinski definition) is 1. The number of ether oxygens (including phenoxy) is 1. The Labute approximate surface area is 160 Å². The van der Waals surface area contributed by atoms with Gasteiger partial charge in [0.15, 0.2) is 5.78 Å². The molecule has 3 atom stereocenters. The average Bonchev–Trinajstić information content (AvgIpc) is 2.55. The fraction of sp³-hybridized carbons (Fsp3) is 0.591. The third-order valence-electron chi connectivity index (χ3n) is 6.84. The summed E-state index contributed by atoms with van der Waals surface area (Å²) in [5.41, 5.74) is 0.263. The summed E-state index contributed by atoms with van der Waals surface area (Å²) >= 11 is 0. The molecule has 27 heavy (non-hydrogen) atoms. The van der Waals surface area contributed by atoms with Gasteiger partial charge in [0, 0.05) is 18.9 Å². The van der Waals surface area contributed by atoms with Crippen molar-refractivity contribution in [3.63, 3.8) is 0 Å². The number of carbonyl (C=O) groups excluding carboxylic acids is 2. The molecule has 2 aliphatic carbocycles. The summed E-state index contributed by atoms with van der Waals surface area (Å²) in [6.45, 7) is 8.85. The number of Topliss-reactive ketones (excluding diaryl/α,β-unsaturated/α-hetero) is 1. The highest BCUT2D eigenvalue weighted by Gasteiger charge is 2.57. The fourth-order valence-electron chi connectivity index (χ4n) is 5.26. The number of rotatable bonds is 3. The van der Waals surface area contributed by atoms with Gasteiger partial charge in [-0.05, 0) is 62.1 Å². The van der Waals surface area contributed by atoms with Crippen LogP contribution in [0.15, 0.2) is 18.2 Å². The molecular formula is C22H28O5. The molecular weight excluding hydrogens is 344 g/mol. The van der Waals surface area contributed by atoms with Crippen molar-refractivity contribution in [2.45, 2.75) is 71.3 Å². The molecule has 0 unspecified atom stereocenters. The van der Waals surface area contributed by atoms with Crippen LogP contribution >= 0.6 is 0 Å². The summed E-state index contributed by atoms with van der Waals surface area (Å²) in [6, 6.07) is 5.66. The van der Waals surface area contributed by atoms with Crippen molar-refractivity contribution in [2.24, 2.45) is 11.3 Å². The number of aliphatic carboxylic acids is 1. The van der Waals surface area contributed by atoms with Crippen LogP contribution in [-0.4, -0.2) is 22.8 Å². The van der Waals surface area contributed by atoms with Crippen LogP contribution < -0.4 is 0 Å². The summed E-state index contributed by atoms with van der Waals surface area (Å²) in [4.78, 5) is 36.4. The minimum absolute atomic E-state index is 0.0256. The van der Waals surface area contributed by atoms with Gasteiger partial charge in [-0.1, -0.05) is 25.5 Å². The zero-order chi connectivity index (χ0) is 20.2. The fourth-order valence-corrected chi connectivity index (χ4v) is 5.26. The van der Waals surface area contributed by atoms with Gasteiger partial charge in [0.25, 0.3) is 0 Å². The molecule has 146 valence electrons. The highest BCUT2D eigenvalue weighted by molar-refractivity contribution is 6.00. The van der Waals surface area contributed by atoms with E-state index in [9.17, 15) is 19.5 Å². The number of hydrogen-bond acceptors (Lipinski definition) is 4. The Morgan fingerprint density at radius 2 is 1.89 bits per heavy atom. The van der Waals surface area contributed by atoms with Gasteiger partial charge >= 0.3 is 11.9 Å². The van der Waals surface area contributed by atoms with Crippen molar-refractivity contribution in [1.29, 1.82) is 0 Å². The van der Waals surface area contributed by atoms with Crippen molar-refractivity contribution in [3.8, 4) is 0 Å². The van der Waals surface area contributed by atoms with Gasteiger partial charge in [-0.25, -0.2) is 0 Å². The third kappa shape index (κ3) is 2.97. The van der Waals surface area contributed by atoms with Crippen LogP contribution in [0.4, 0.5) is 0 Å². The quantitative estimate of drug-likeness (QED) is 0.804. The van der Waals surface area contributed by atoms with Crippen LogP contribution in [-0.2, 0) is 25.3 Å². The highest BCUT2D eigenvalue weighted by Crippen LogP contribution is 2.57. The van der Waals surface area contributed by atoms with E-state index in [1.165, 1.54) is 6.92 Å². The first-order chi connectivity index (χ1) is 12.4. The predicted molar refractivity (Wildman–Crippen MR) is 101 cm³/mol. The Hall–Kier alpha value is -2.17. The Balaban J connectivity index is 2.10. The lowest BCUT2D eigenvalue weighted by molar-refractivity contribution is -0.157. The Morgan fingerprint density at radius 3 is 2.48 bits per heavy atom. The van der Waals surface area contributed by atoms with Gasteiger partial charge in [0.2, 0.25) is 0 Å². The molecule has 0 spiro atoms. The lowest BCUT2D eigenvalue weighted by atomic mass is 9.49. The molecule has 3 rings (SSSR count). The maximum absolute atomic E-state index is 13.0. The minimum Gasteiger partial charge on any atom is -0.481 e. The van der Waals surface area contributed by atoms with Crippen LogP contribution in [0, 0.1) is 11.3 Å². The predicted octanol–water partition coefficient (Wildman–Crippen LogP) is 4.22. The molecule has 1 fully saturated rings. The first-order valence-corrected chi connectivity index (χ1v) is 9.53. The van der Waals surface area contributed by atoms with Crippen LogP contribution in [0.3, 0.4) is 0 Å². The molecule has 2 aliphatic rings. The second-order valence-corrected chi connectivity index (χ2v) is 9.04. The van der Waals surface area contributed by atoms with Crippen molar-refractivity contribution >= 4 is 17.7 Å². The highest BCUT2D eigenvalue weighted by atomic mass is 16.6. The standard InChI is InChI=1S/C22H28O5/c1-13(23)27-20(2,3)14-7-8-16-15(11-14)17(24)12-18-21(16,4)9-6-10-22(18,5)19(25)26/h7-8,11,18H,6,9-10,12H2,1-5H3,(H,25,26)/t18-,21+,22+/m0/s1. The van der Waals surface area contributed by atoms with E-state index in [1.54, 1.807) is 20.8 Å². The molecule has 1 aromatic rings. The first-order valence-electron chi connectivity index (χ1n) is 9.53. The summed E-state index contributed by atoms with van der Waals surface area (Å²) in [5.74, 6) is -1.44. The minimum atomic E-state index is -0.893. The number of carboxylic acids is 1. The molecule has 5 nitrogen and oxygen atoms in total. The van der Waals surface area contributed by atoms with Crippen LogP contribution in [0.5, 0.6) is 0 Å². The average molecular weight is 372 g/mol. The van der Waals surface area contributed by atoms with E-state index in [0.717, 1.165) is 24.0 Å². The monoisotopic (exact) mass is 372 g/mol. The van der Waals surface area contributed by atoms with Gasteiger partial charge < -0.3 is 9.84 Å². The largest absolute Gasteiger partial charge is 0.481 e. The van der Waals surface area contributed by atoms with Crippen molar-refractivity contribution < 1.29 is 24.2 Å². The van der Waals surface area contributed by atoms with E-state index < -0.39 is 17.0 Å². The third-order valence-corrected chi connectivity index (χ3v) is 6.84. The normalized spacial score (nSPS) is 30.3. The Morgan fingerprint density at radius 1 is 1.22 bits per heavy atom. The number of benzene rings is 1. The molecule has 0 amide bonds. The lowest BCUT2D eigenvalue weighted by Gasteiger charge is -2.53. The number of carboxylic acid groups (broad SMARTS) is 1. The molecule has 1 saturated carbocycles. The van der Waals surface area contributed by atoms with Gasteiger partial charge in [-0.3, -0.25) is 14.4 Å². The number of esters is 1. The molecule has 0 aliphatic heterocycles. The van der Waals surface area contributed by atoms with E-state index in [0.29, 0.717) is 12.0 Å². The van der Waals surface area contributed by atoms with Crippen molar-refractivity contribution in [3.05, 3.63) is 34.9 Å². The topological polar surface area (TPSA) is 80.7 Å². The summed E-state index contributed by atoms with van der Waals surface area (Å²) in [6.07, 6.45) is 2.53. The summed E-state index contributed by atoms with van der Waals surface area (Å²) < 4.78 is 5.42. The number of ketones is 1. The van der Waals surface area contributed by atoms with Crippen LogP contribution in [0.2, 0.25) is 0 Å². The maximum atomic E-state index is 13.0. The second kappa shape index (κ2) is 6.18. The molecule has 0 aromatic heterocycles. The van der Waals surface area contributed by atoms with E-state index in [2.05, 4.69) is 6.92 Å². The molecule has 0 radical (unpaired) electrons. The summed E-state index contributed by atoms with van der Waals surface area (Å²) in [5, 5.41) is 9.86. The maximum Gasteiger partial charge on any atom is 0.309 e. The zero-order valence-electron chi connectivity index (χ0n) is 16.7. The van der Waals surface area contributed by atoms with Crippen LogP contribution in [0.25, 0.3) is 0 Å². The van der Waals surface area contributed by atoms with Crippen LogP contribution in [0.1, 0.15) is 81.8 Å². The van der Waals surface area contributed by atoms with E-state index >= 15 is 0 Å². The molecule has 0 heterocycles. The van der Waals surface area contributed by atoms with Gasteiger partial charge in [-0.15, -0.1) is 0 Å². The van der Waals surface area contributed by atoms with Gasteiger partial charge in [-0.2, -0.15) is 0 Å². The molecule has 1 N–H and O–H groups in total. The zero-order valence-corrected chi connectivity index (χ0v) is 16.7. The molecule has 5 heteroatoms. The smallest absolute Gasteiger partial charge is 0.309 e. The lowest BCUT2D eigenvalue weighted by Crippen LogP contribution is -2.53. The first kappa shape index (κ1) is 19.6. The number of fused-ring (bicyclic) bond motifs is 3. The Kier molecular flexibility index (Phi) is 4.48. The van der Waals surface area contributed by atoms with E-state index in [-0.39, 0.29) is 29.5 Å². The van der Waals surface area contributed by atoms with Gasteiger partial charge in [0.1, 0.15) is 5.60 Å². The van der Waals surface area contributed by atoms with Crippen molar-refractivity contribution in [2.75, 3.05) is 0 Å². The molecule has 1 aromatic carbocycles. The number of carbonyl (C=O) groups is 3. The van der Waals surface area contributed by atoms with E-state index in [4.69, 9.17) is 4.74 Å². The molecule has 0 saturated heterocycles. The summed E-state index contributed by atoms with van der Waals surface area (Å²) in [7, 11) is 0. The SMILES string of the molecule is CC(=O)OC(C)(C)c1ccc2c(c1)C(=O)C[C@@H]1[C@](C)(C(=O)O)CCC[C@]21C. The molecule has 0 bridgehead atoms. The van der Waals surface area contributed by atoms with Gasteiger partial charge in [0.05, 0.1) is 5.41 Å². The second-order valence-electron chi connectivity index (χ2n) is 9.04.